The number of para-hydroxylation sites is 4. The summed E-state index contributed by atoms with van der Waals surface area (Å²) in [6.45, 7) is 0. The summed E-state index contributed by atoms with van der Waals surface area (Å²) in [6.07, 6.45) is 3.11. The molecule has 25 aromatic rings. The van der Waals surface area contributed by atoms with Gasteiger partial charge in [0.05, 0.1) is 32.9 Å². The number of hydrogen-bond acceptors (Lipinski definition) is 3. The quantitative estimate of drug-likeness (QED) is 0.135. The van der Waals surface area contributed by atoms with Crippen LogP contribution in [0.5, 0.6) is 0 Å². The van der Waals surface area contributed by atoms with Gasteiger partial charge < -0.3 is 8.83 Å². The number of aromatic nitrogens is 1. The number of rotatable bonds is 9. The normalized spacial score (nSPS) is 14.4. The maximum atomic E-state index is 9.40. The first-order chi connectivity index (χ1) is 70.6. The lowest BCUT2D eigenvalue weighted by Gasteiger charge is -2.20. The number of furan rings is 2. The minimum absolute atomic E-state index is 0.120. The highest BCUT2D eigenvalue weighted by molar-refractivity contribution is 6.28. The van der Waals surface area contributed by atoms with Crippen LogP contribution in [-0.4, -0.2) is 4.98 Å². The molecule has 3 aromatic heterocycles. The lowest BCUT2D eigenvalue weighted by atomic mass is 9.83. The van der Waals surface area contributed by atoms with Crippen LogP contribution in [0.2, 0.25) is 0 Å². The molecule has 0 saturated heterocycles. The Labute approximate surface area is 738 Å². The predicted molar refractivity (Wildman–Crippen MR) is 518 cm³/mol. The third-order valence-electron chi connectivity index (χ3n) is 23.2. The Kier molecular flexibility index (Phi) is 12.5. The first-order valence-electron chi connectivity index (χ1n) is 51.9. The SMILES string of the molecule is [2H]c1c([2H])c([2H])c2c(-c3ccc(-c4ccccc4)c4ccccc34)c3c([2H])c([2H])c([2H])c([2H])c3c(-c3ccc(-c4cccc5ccccc45)cc3)c2c1[2H].[2H]c1c([2H])c([2H])c2c(-c3cccc4c3oc3ccccc34)c3c([2H])c([2H])c([2H])c([2H])c3c(-c3cccc4c3oc3ccccc34)c2c1[2H].[2H]c1c([2H])c([2H])c2c(-c3cccnc3)c3c([2H])c([2H])c([2H])c([2H])c3c(-c3ccc(-c4cccc5ccccc45)cc3)c2c1[2H]. The van der Waals surface area contributed by atoms with Gasteiger partial charge in [0, 0.05) is 61.8 Å². The van der Waals surface area contributed by atoms with Crippen molar-refractivity contribution in [2.45, 2.75) is 0 Å². The number of nitrogens with zero attached hydrogens (tertiary/aromatic N) is 1. The van der Waals surface area contributed by atoms with E-state index in [0.29, 0.717) is 78.0 Å². The number of pyridine rings is 1. The number of fused-ring (bicyclic) bond motifs is 15. The molecular formula is C119H75NO2. The fourth-order valence-electron chi connectivity index (χ4n) is 17.9. The Hall–Kier alpha value is -16.1. The van der Waals surface area contributed by atoms with Crippen LogP contribution in [0.3, 0.4) is 0 Å². The molecule has 122 heavy (non-hydrogen) atoms. The third kappa shape index (κ3) is 12.1. The van der Waals surface area contributed by atoms with E-state index < -0.39 is 72.5 Å². The molecule has 3 heterocycles. The van der Waals surface area contributed by atoms with Crippen molar-refractivity contribution in [3.63, 3.8) is 0 Å². The van der Waals surface area contributed by atoms with Gasteiger partial charge in [0.15, 0.2) is 0 Å². The van der Waals surface area contributed by atoms with Gasteiger partial charge in [-0.3, -0.25) is 4.98 Å². The molecule has 22 aromatic carbocycles. The lowest BCUT2D eigenvalue weighted by Crippen LogP contribution is -1.92. The van der Waals surface area contributed by atoms with Gasteiger partial charge >= 0.3 is 0 Å². The van der Waals surface area contributed by atoms with E-state index in [1.165, 1.54) is 6.20 Å². The molecule has 0 bridgehead atoms. The number of benzene rings is 22. The molecule has 0 atom stereocenters. The van der Waals surface area contributed by atoms with Crippen LogP contribution in [0.1, 0.15) is 32.9 Å². The molecule has 0 aliphatic heterocycles. The molecule has 0 amide bonds. The maximum Gasteiger partial charge on any atom is 0.143 e. The highest BCUT2D eigenvalue weighted by Crippen LogP contribution is 2.52. The highest BCUT2D eigenvalue weighted by Gasteiger charge is 2.25. The molecular weight excluding hydrogens is 1480 g/mol. The van der Waals surface area contributed by atoms with Crippen LogP contribution in [0.4, 0.5) is 0 Å². The summed E-state index contributed by atoms with van der Waals surface area (Å²) in [5.41, 5.74) is 12.9. The maximum absolute atomic E-state index is 9.40. The molecule has 0 unspecified atom stereocenters. The smallest absolute Gasteiger partial charge is 0.143 e. The lowest BCUT2D eigenvalue weighted by molar-refractivity contribution is 0.669. The standard InChI is InChI=1S/C46H30.C38H22O2.C35H23N/c1-2-13-31(14-3-1)37-29-30-44(39-19-7-6-18-38(37)39)46-42-22-10-8-20-40(42)45(41-21-9-11-23-43(41)46)34-27-25-33(26-28-34)36-24-12-16-32-15-4-5-17-35(32)36;1-2-14-26-25(13-1)35(31-19-9-17-29-23-11-5-7-21-33(23)39-37(29)31)27-15-3-4-16-28(27)36(26)32-20-10-18-30-24-12-6-8-22-34(24)40-38(30)32;1-2-12-28-24(9-1)10-7-17-29(28)25-18-20-26(21-19-25)34-30-13-3-5-15-32(30)35(27-11-8-22-36-23-27)33-16-6-4-14-31(33)34/h1-30H;1-22H;1-23H/i8D,9D,10D,11D,20D,21D,22D,23D;1D,2D,3D,4D,13D,14D,15D,16D;3D,4D,5D,6D,13D,14D,15D,16D. The summed E-state index contributed by atoms with van der Waals surface area (Å²) < 4.78 is 228. The summed E-state index contributed by atoms with van der Waals surface area (Å²) in [6, 6.07) is 85.9. The summed E-state index contributed by atoms with van der Waals surface area (Å²) in [5, 5.41) is 11.3. The molecule has 0 aliphatic carbocycles. The molecule has 0 saturated carbocycles. The monoisotopic (exact) mass is 1570 g/mol. The summed E-state index contributed by atoms with van der Waals surface area (Å²) in [4.78, 5) is 4.22. The Morgan fingerprint density at radius 3 is 0.844 bits per heavy atom. The summed E-state index contributed by atoms with van der Waals surface area (Å²) in [5.74, 6) is 0. The zero-order valence-corrected chi connectivity index (χ0v) is 64.7. The van der Waals surface area contributed by atoms with Gasteiger partial charge in [0.1, 0.15) is 22.3 Å². The fourth-order valence-corrected chi connectivity index (χ4v) is 17.9. The molecule has 0 fully saturated rings. The van der Waals surface area contributed by atoms with Crippen LogP contribution in [0.25, 0.3) is 241 Å². The first-order valence-corrected chi connectivity index (χ1v) is 39.9. The van der Waals surface area contributed by atoms with Gasteiger partial charge in [0.2, 0.25) is 0 Å². The topological polar surface area (TPSA) is 39.2 Å². The van der Waals surface area contributed by atoms with Gasteiger partial charge in [-0.05, 0) is 187 Å². The molecule has 0 aliphatic rings. The van der Waals surface area contributed by atoms with Crippen LogP contribution in [-0.2, 0) is 0 Å². The van der Waals surface area contributed by atoms with Crippen molar-refractivity contribution in [2.24, 2.45) is 0 Å². The summed E-state index contributed by atoms with van der Waals surface area (Å²) >= 11 is 0. The van der Waals surface area contributed by atoms with E-state index in [0.717, 1.165) is 87.2 Å². The minimum Gasteiger partial charge on any atom is -0.455 e. The van der Waals surface area contributed by atoms with Crippen LogP contribution in [0, 0.1) is 0 Å². The van der Waals surface area contributed by atoms with E-state index in [-0.39, 0.29) is 148 Å². The predicted octanol–water partition coefficient (Wildman–Crippen LogP) is 33.6. The average Bonchev–Trinajstić information content (AvgIpc) is 1.08. The largest absolute Gasteiger partial charge is 0.455 e. The van der Waals surface area contributed by atoms with Crippen molar-refractivity contribution in [3.05, 3.63) is 455 Å². The molecule has 0 radical (unpaired) electrons. The zero-order chi connectivity index (χ0) is 101. The minimum atomic E-state index is -0.460. The first kappa shape index (κ1) is 50.5. The average molecular weight is 1580 g/mol. The Morgan fingerprint density at radius 1 is 0.172 bits per heavy atom. The van der Waals surface area contributed by atoms with E-state index in [2.05, 4.69) is 47.4 Å². The number of hydrogen-bond donors (Lipinski definition) is 0. The van der Waals surface area contributed by atoms with Gasteiger partial charge in [-0.25, -0.2) is 0 Å². The molecule has 3 heteroatoms. The molecule has 25 rings (SSSR count). The molecule has 568 valence electrons. The highest BCUT2D eigenvalue weighted by atomic mass is 16.3. The van der Waals surface area contributed by atoms with Crippen molar-refractivity contribution in [1.82, 2.24) is 4.98 Å². The molecule has 0 spiro atoms. The van der Waals surface area contributed by atoms with Gasteiger partial charge in [0.25, 0.3) is 0 Å². The van der Waals surface area contributed by atoms with Crippen molar-refractivity contribution >= 4 is 141 Å². The summed E-state index contributed by atoms with van der Waals surface area (Å²) in [7, 11) is 0. The Morgan fingerprint density at radius 2 is 0.443 bits per heavy atom. The van der Waals surface area contributed by atoms with Crippen LogP contribution >= 0.6 is 0 Å². The van der Waals surface area contributed by atoms with Gasteiger partial charge in [-0.1, -0.05) is 424 Å². The fraction of sp³-hybridized carbons (Fsp3) is 0. The van der Waals surface area contributed by atoms with E-state index in [4.69, 9.17) is 30.8 Å². The van der Waals surface area contributed by atoms with Crippen LogP contribution in [0.15, 0.2) is 463 Å². The second-order valence-electron chi connectivity index (χ2n) is 29.8. The van der Waals surface area contributed by atoms with Crippen molar-refractivity contribution < 1.29 is 41.7 Å². The van der Waals surface area contributed by atoms with Crippen LogP contribution < -0.4 is 0 Å². The zero-order valence-electron chi connectivity index (χ0n) is 88.7. The second-order valence-corrected chi connectivity index (χ2v) is 29.8. The Balaban J connectivity index is 0.000000121. The van der Waals surface area contributed by atoms with E-state index in [1.54, 1.807) is 30.5 Å². The Bertz CT molecular complexity index is 9540. The van der Waals surface area contributed by atoms with E-state index >= 15 is 0 Å². The molecule has 3 nitrogen and oxygen atoms in total. The second kappa shape index (κ2) is 30.1. The molecule has 0 N–H and O–H groups in total. The van der Waals surface area contributed by atoms with Crippen molar-refractivity contribution in [2.75, 3.05) is 0 Å². The van der Waals surface area contributed by atoms with Crippen molar-refractivity contribution in [3.8, 4) is 100 Å². The van der Waals surface area contributed by atoms with Gasteiger partial charge in [-0.2, -0.15) is 0 Å². The van der Waals surface area contributed by atoms with E-state index in [9.17, 15) is 11.0 Å². The van der Waals surface area contributed by atoms with Crippen molar-refractivity contribution in [1.29, 1.82) is 0 Å². The van der Waals surface area contributed by atoms with Gasteiger partial charge in [-0.15, -0.1) is 0 Å². The van der Waals surface area contributed by atoms with E-state index in [1.807, 2.05) is 231 Å². The third-order valence-corrected chi connectivity index (χ3v) is 23.2.